The van der Waals surface area contributed by atoms with E-state index >= 15 is 0 Å². The van der Waals surface area contributed by atoms with E-state index in [9.17, 15) is 4.79 Å². The SMILES string of the molecule is CC(C)(C)NC(=O)/C=C\c1ccc(OCc2ccccc2)c(N)c1. The van der Waals surface area contributed by atoms with Gasteiger partial charge in [0.1, 0.15) is 12.4 Å². The molecule has 0 heterocycles. The van der Waals surface area contributed by atoms with Crippen molar-refractivity contribution < 1.29 is 9.53 Å². The number of amides is 1. The lowest BCUT2D eigenvalue weighted by Gasteiger charge is -2.18. The Labute approximate surface area is 143 Å². The summed E-state index contributed by atoms with van der Waals surface area (Å²) in [4.78, 5) is 11.8. The lowest BCUT2D eigenvalue weighted by molar-refractivity contribution is -0.117. The Bertz CT molecular complexity index is 716. The lowest BCUT2D eigenvalue weighted by Crippen LogP contribution is -2.39. The number of benzene rings is 2. The highest BCUT2D eigenvalue weighted by molar-refractivity contribution is 5.92. The van der Waals surface area contributed by atoms with E-state index in [1.54, 1.807) is 12.1 Å². The number of anilines is 1. The Balaban J connectivity index is 1.98. The van der Waals surface area contributed by atoms with Crippen molar-refractivity contribution in [2.45, 2.75) is 32.9 Å². The van der Waals surface area contributed by atoms with Crippen molar-refractivity contribution in [2.24, 2.45) is 0 Å². The standard InChI is InChI=1S/C20H24N2O2/c1-20(2,3)22-19(23)12-10-15-9-11-18(17(21)13-15)24-14-16-7-5-4-6-8-16/h4-13H,14,21H2,1-3H3,(H,22,23)/b12-10-. The highest BCUT2D eigenvalue weighted by Crippen LogP contribution is 2.24. The van der Waals surface area contributed by atoms with Gasteiger partial charge < -0.3 is 15.8 Å². The predicted octanol–water partition coefficient (Wildman–Crippen LogP) is 3.78. The number of hydrogen-bond acceptors (Lipinski definition) is 3. The quantitative estimate of drug-likeness (QED) is 0.650. The molecule has 0 aliphatic carbocycles. The van der Waals surface area contributed by atoms with Crippen molar-refractivity contribution in [3.63, 3.8) is 0 Å². The molecule has 0 atom stereocenters. The van der Waals surface area contributed by atoms with Crippen molar-refractivity contribution in [3.05, 3.63) is 65.7 Å². The average Bonchev–Trinajstić information content (AvgIpc) is 2.51. The maximum Gasteiger partial charge on any atom is 0.244 e. The summed E-state index contributed by atoms with van der Waals surface area (Å²) in [5.41, 5.74) is 8.26. The molecule has 24 heavy (non-hydrogen) atoms. The van der Waals surface area contributed by atoms with E-state index < -0.39 is 0 Å². The van der Waals surface area contributed by atoms with Crippen molar-refractivity contribution in [1.29, 1.82) is 0 Å². The minimum absolute atomic E-state index is 0.134. The van der Waals surface area contributed by atoms with Crippen LogP contribution in [0.15, 0.2) is 54.6 Å². The number of rotatable bonds is 5. The van der Waals surface area contributed by atoms with Crippen molar-refractivity contribution >= 4 is 17.7 Å². The molecule has 0 aliphatic rings. The Hall–Kier alpha value is -2.75. The zero-order valence-electron chi connectivity index (χ0n) is 14.4. The fourth-order valence-corrected chi connectivity index (χ4v) is 2.12. The van der Waals surface area contributed by atoms with Crippen LogP contribution in [0, 0.1) is 0 Å². The van der Waals surface area contributed by atoms with Crippen LogP contribution in [0.1, 0.15) is 31.9 Å². The van der Waals surface area contributed by atoms with Crippen LogP contribution >= 0.6 is 0 Å². The number of ether oxygens (including phenoxy) is 1. The Kier molecular flexibility index (Phi) is 5.64. The van der Waals surface area contributed by atoms with Gasteiger partial charge in [-0.05, 0) is 50.1 Å². The molecule has 3 N–H and O–H groups in total. The molecule has 0 saturated heterocycles. The topological polar surface area (TPSA) is 64.3 Å². The van der Waals surface area contributed by atoms with Gasteiger partial charge in [-0.25, -0.2) is 0 Å². The van der Waals surface area contributed by atoms with Crippen LogP contribution in [0.3, 0.4) is 0 Å². The van der Waals surface area contributed by atoms with Crippen molar-refractivity contribution in [1.82, 2.24) is 5.32 Å². The second kappa shape index (κ2) is 7.68. The molecule has 0 aliphatic heterocycles. The van der Waals surface area contributed by atoms with Crippen LogP contribution in [0.4, 0.5) is 5.69 Å². The van der Waals surface area contributed by atoms with Gasteiger partial charge in [-0.3, -0.25) is 4.79 Å². The minimum atomic E-state index is -0.254. The first-order valence-corrected chi connectivity index (χ1v) is 7.90. The number of nitrogens with two attached hydrogens (primary N) is 1. The first-order chi connectivity index (χ1) is 11.3. The number of carbonyl (C=O) groups is 1. The van der Waals surface area contributed by atoms with Crippen LogP contribution in [0.25, 0.3) is 6.08 Å². The van der Waals surface area contributed by atoms with E-state index in [4.69, 9.17) is 10.5 Å². The first kappa shape index (κ1) is 17.6. The molecule has 2 aromatic rings. The van der Waals surface area contributed by atoms with Gasteiger partial charge in [-0.1, -0.05) is 36.4 Å². The fourth-order valence-electron chi connectivity index (χ4n) is 2.12. The zero-order valence-corrected chi connectivity index (χ0v) is 14.4. The number of nitrogen functional groups attached to an aromatic ring is 1. The molecule has 0 aromatic heterocycles. The van der Waals surface area contributed by atoms with E-state index in [0.29, 0.717) is 18.0 Å². The summed E-state index contributed by atoms with van der Waals surface area (Å²) in [5, 5.41) is 2.87. The third-order valence-electron chi connectivity index (χ3n) is 3.20. The molecule has 1 amide bonds. The molecule has 4 heteroatoms. The van der Waals surface area contributed by atoms with Crippen molar-refractivity contribution in [2.75, 3.05) is 5.73 Å². The molecular formula is C20H24N2O2. The van der Waals surface area contributed by atoms with Crippen LogP contribution in [-0.2, 0) is 11.4 Å². The maximum atomic E-state index is 11.8. The van der Waals surface area contributed by atoms with Gasteiger partial charge in [-0.15, -0.1) is 0 Å². The summed E-state index contributed by atoms with van der Waals surface area (Å²) in [6.07, 6.45) is 3.24. The Morgan fingerprint density at radius 2 is 1.88 bits per heavy atom. The molecule has 0 spiro atoms. The molecule has 0 saturated carbocycles. The fraction of sp³-hybridized carbons (Fsp3) is 0.250. The minimum Gasteiger partial charge on any atom is -0.487 e. The monoisotopic (exact) mass is 324 g/mol. The van der Waals surface area contributed by atoms with Gasteiger partial charge in [0.25, 0.3) is 0 Å². The normalized spacial score (nSPS) is 11.5. The second-order valence-corrected chi connectivity index (χ2v) is 6.64. The first-order valence-electron chi connectivity index (χ1n) is 7.90. The van der Waals surface area contributed by atoms with Gasteiger partial charge in [-0.2, -0.15) is 0 Å². The van der Waals surface area contributed by atoms with E-state index in [1.807, 2.05) is 63.2 Å². The molecule has 4 nitrogen and oxygen atoms in total. The van der Waals surface area contributed by atoms with Crippen molar-refractivity contribution in [3.8, 4) is 5.75 Å². The van der Waals surface area contributed by atoms with Crippen LogP contribution < -0.4 is 15.8 Å². The largest absolute Gasteiger partial charge is 0.487 e. The van der Waals surface area contributed by atoms with Crippen LogP contribution in [-0.4, -0.2) is 11.4 Å². The lowest BCUT2D eigenvalue weighted by atomic mass is 10.1. The molecule has 126 valence electrons. The van der Waals surface area contributed by atoms with E-state index in [-0.39, 0.29) is 11.4 Å². The van der Waals surface area contributed by atoms with Gasteiger partial charge in [0.15, 0.2) is 0 Å². The average molecular weight is 324 g/mol. The maximum absolute atomic E-state index is 11.8. The summed E-state index contributed by atoms with van der Waals surface area (Å²) in [5.74, 6) is 0.501. The highest BCUT2D eigenvalue weighted by atomic mass is 16.5. The molecular weight excluding hydrogens is 300 g/mol. The van der Waals surface area contributed by atoms with Crippen LogP contribution in [0.5, 0.6) is 5.75 Å². The summed E-state index contributed by atoms with van der Waals surface area (Å²) in [7, 11) is 0. The predicted molar refractivity (Wildman–Crippen MR) is 98.6 cm³/mol. The highest BCUT2D eigenvalue weighted by Gasteiger charge is 2.11. The Morgan fingerprint density at radius 1 is 1.17 bits per heavy atom. The van der Waals surface area contributed by atoms with Crippen LogP contribution in [0.2, 0.25) is 0 Å². The molecule has 2 rings (SSSR count). The second-order valence-electron chi connectivity index (χ2n) is 6.64. The van der Waals surface area contributed by atoms with Gasteiger partial charge >= 0.3 is 0 Å². The third-order valence-corrected chi connectivity index (χ3v) is 3.20. The van der Waals surface area contributed by atoms with E-state index in [2.05, 4.69) is 5.32 Å². The number of carbonyl (C=O) groups excluding carboxylic acids is 1. The summed E-state index contributed by atoms with van der Waals surface area (Å²) in [6.45, 7) is 6.29. The molecule has 0 unspecified atom stereocenters. The smallest absolute Gasteiger partial charge is 0.244 e. The van der Waals surface area contributed by atoms with E-state index in [0.717, 1.165) is 11.1 Å². The zero-order chi connectivity index (χ0) is 17.6. The number of hydrogen-bond donors (Lipinski definition) is 2. The molecule has 0 bridgehead atoms. The number of nitrogens with one attached hydrogen (secondary N) is 1. The summed E-state index contributed by atoms with van der Waals surface area (Å²) in [6, 6.07) is 15.4. The Morgan fingerprint density at radius 3 is 2.50 bits per heavy atom. The molecule has 0 radical (unpaired) electrons. The van der Waals surface area contributed by atoms with Gasteiger partial charge in [0, 0.05) is 11.6 Å². The third kappa shape index (κ3) is 5.80. The van der Waals surface area contributed by atoms with E-state index in [1.165, 1.54) is 6.08 Å². The van der Waals surface area contributed by atoms with Gasteiger partial charge in [0.2, 0.25) is 5.91 Å². The summed E-state index contributed by atoms with van der Waals surface area (Å²) >= 11 is 0. The van der Waals surface area contributed by atoms with Gasteiger partial charge in [0.05, 0.1) is 5.69 Å². The molecule has 2 aromatic carbocycles. The summed E-state index contributed by atoms with van der Waals surface area (Å²) < 4.78 is 5.74. The molecule has 0 fully saturated rings.